The van der Waals surface area contributed by atoms with Gasteiger partial charge in [0.25, 0.3) is 0 Å². The van der Waals surface area contributed by atoms with Crippen LogP contribution >= 0.6 is 27.5 Å². The van der Waals surface area contributed by atoms with E-state index in [2.05, 4.69) is 25.3 Å². The first-order chi connectivity index (χ1) is 9.65. The Morgan fingerprint density at radius 3 is 2.85 bits per heavy atom. The molecular weight excluding hydrogens is 340 g/mol. The Hall–Kier alpha value is -1.27. The van der Waals surface area contributed by atoms with Crippen LogP contribution in [0.1, 0.15) is 41.1 Å². The van der Waals surface area contributed by atoms with Crippen LogP contribution in [0.15, 0.2) is 28.7 Å². The molecule has 1 saturated carbocycles. The number of hydrogen-bond donors (Lipinski definition) is 1. The lowest BCUT2D eigenvalue weighted by Crippen LogP contribution is -2.14. The number of carbonyl (C=O) groups is 1. The van der Waals surface area contributed by atoms with Crippen molar-refractivity contribution in [3.05, 3.63) is 45.1 Å². The van der Waals surface area contributed by atoms with Crippen LogP contribution in [-0.2, 0) is 11.2 Å². The van der Waals surface area contributed by atoms with Crippen molar-refractivity contribution in [2.24, 2.45) is 0 Å². The zero-order valence-electron chi connectivity index (χ0n) is 10.6. The Morgan fingerprint density at radius 1 is 1.45 bits per heavy atom. The van der Waals surface area contributed by atoms with Gasteiger partial charge in [-0.2, -0.15) is 4.37 Å². The molecule has 0 radical (unpaired) electrons. The van der Waals surface area contributed by atoms with E-state index in [1.807, 2.05) is 24.3 Å². The number of aliphatic carboxylic acids is 1. The molecule has 0 bridgehead atoms. The number of hydrogen-bond acceptors (Lipinski definition) is 4. The van der Waals surface area contributed by atoms with Crippen LogP contribution in [0.5, 0.6) is 0 Å². The quantitative estimate of drug-likeness (QED) is 0.892. The number of halogens is 1. The third-order valence-electron chi connectivity index (χ3n) is 3.38. The van der Waals surface area contributed by atoms with E-state index in [-0.39, 0.29) is 0 Å². The van der Waals surface area contributed by atoms with Gasteiger partial charge < -0.3 is 5.11 Å². The number of benzene rings is 1. The van der Waals surface area contributed by atoms with Gasteiger partial charge in [0.15, 0.2) is 0 Å². The summed E-state index contributed by atoms with van der Waals surface area (Å²) < 4.78 is 5.23. The third kappa shape index (κ3) is 2.91. The maximum atomic E-state index is 11.5. The minimum Gasteiger partial charge on any atom is -0.481 e. The van der Waals surface area contributed by atoms with Gasteiger partial charge >= 0.3 is 5.97 Å². The lowest BCUT2D eigenvalue weighted by atomic mass is 10.00. The molecule has 0 saturated heterocycles. The molecule has 1 aromatic carbocycles. The molecule has 1 unspecified atom stereocenters. The summed E-state index contributed by atoms with van der Waals surface area (Å²) in [7, 11) is 0. The molecule has 0 amide bonds. The summed E-state index contributed by atoms with van der Waals surface area (Å²) in [6.45, 7) is 0. The molecule has 3 rings (SSSR count). The van der Waals surface area contributed by atoms with Gasteiger partial charge in [-0.25, -0.2) is 4.98 Å². The second kappa shape index (κ2) is 5.61. The van der Waals surface area contributed by atoms with Gasteiger partial charge in [-0.3, -0.25) is 4.79 Å². The van der Waals surface area contributed by atoms with E-state index in [9.17, 15) is 9.90 Å². The zero-order valence-corrected chi connectivity index (χ0v) is 13.0. The summed E-state index contributed by atoms with van der Waals surface area (Å²) in [6.07, 6.45) is 2.67. The summed E-state index contributed by atoms with van der Waals surface area (Å²) in [5.41, 5.74) is 0.975. The van der Waals surface area contributed by atoms with Gasteiger partial charge in [0.05, 0.1) is 0 Å². The van der Waals surface area contributed by atoms with Gasteiger partial charge in [-0.15, -0.1) is 0 Å². The molecule has 1 aliphatic carbocycles. The third-order valence-corrected chi connectivity index (χ3v) is 4.99. The lowest BCUT2D eigenvalue weighted by molar-refractivity contribution is -0.138. The normalized spacial score (nSPS) is 16.1. The molecule has 1 fully saturated rings. The molecule has 2 aromatic rings. The number of carboxylic acids is 1. The van der Waals surface area contributed by atoms with Crippen LogP contribution < -0.4 is 0 Å². The van der Waals surface area contributed by atoms with Crippen molar-refractivity contribution in [1.82, 2.24) is 9.36 Å². The molecule has 0 aliphatic heterocycles. The number of carboxylic acid groups (broad SMARTS) is 1. The first-order valence-electron chi connectivity index (χ1n) is 6.45. The molecule has 20 heavy (non-hydrogen) atoms. The Labute approximate surface area is 129 Å². The Bertz CT molecular complexity index is 640. The highest BCUT2D eigenvalue weighted by Gasteiger charge is 2.31. The fraction of sp³-hybridized carbons (Fsp3) is 0.357. The van der Waals surface area contributed by atoms with Crippen molar-refractivity contribution >= 4 is 33.4 Å². The molecule has 1 aromatic heterocycles. The van der Waals surface area contributed by atoms with Crippen molar-refractivity contribution in [3.8, 4) is 0 Å². The van der Waals surface area contributed by atoms with E-state index in [0.717, 1.165) is 28.7 Å². The number of rotatable bonds is 5. The van der Waals surface area contributed by atoms with Crippen molar-refractivity contribution < 1.29 is 9.90 Å². The molecule has 1 atom stereocenters. The smallest absolute Gasteiger partial charge is 0.313 e. The molecule has 0 spiro atoms. The van der Waals surface area contributed by atoms with Gasteiger partial charge in [0, 0.05) is 10.4 Å². The number of nitrogens with zero attached hydrogens (tertiary/aromatic N) is 2. The minimum absolute atomic E-state index is 0.427. The molecular formula is C14H13BrN2O2S. The Morgan fingerprint density at radius 2 is 2.20 bits per heavy atom. The molecule has 6 heteroatoms. The average molecular weight is 353 g/mol. The lowest BCUT2D eigenvalue weighted by Gasteiger charge is -2.10. The van der Waals surface area contributed by atoms with Gasteiger partial charge in [-0.1, -0.05) is 34.1 Å². The molecule has 1 aliphatic rings. The van der Waals surface area contributed by atoms with E-state index in [1.54, 1.807) is 0 Å². The van der Waals surface area contributed by atoms with E-state index in [0.29, 0.717) is 17.3 Å². The standard InChI is InChI=1S/C14H13BrN2O2S/c15-11-4-2-1-3-9(11)7-10(14(18)19)13-16-12(17-20-13)8-5-6-8/h1-4,8,10H,5-7H2,(H,18,19). The van der Waals surface area contributed by atoms with Crippen molar-refractivity contribution in [2.45, 2.75) is 31.1 Å². The highest BCUT2D eigenvalue weighted by molar-refractivity contribution is 9.10. The van der Waals surface area contributed by atoms with Crippen LogP contribution in [0.4, 0.5) is 0 Å². The number of aromatic nitrogens is 2. The average Bonchev–Trinajstić information content (AvgIpc) is 3.16. The van der Waals surface area contributed by atoms with Crippen molar-refractivity contribution in [1.29, 1.82) is 0 Å². The van der Waals surface area contributed by atoms with Gasteiger partial charge in [0.1, 0.15) is 16.7 Å². The first-order valence-corrected chi connectivity index (χ1v) is 8.01. The second-order valence-electron chi connectivity index (χ2n) is 4.95. The van der Waals surface area contributed by atoms with Crippen LogP contribution in [-0.4, -0.2) is 20.4 Å². The van der Waals surface area contributed by atoms with Crippen LogP contribution in [0.3, 0.4) is 0 Å². The molecule has 4 nitrogen and oxygen atoms in total. The fourth-order valence-electron chi connectivity index (χ4n) is 2.06. The minimum atomic E-state index is -0.848. The highest BCUT2D eigenvalue weighted by atomic mass is 79.9. The van der Waals surface area contributed by atoms with Gasteiger partial charge in [0.2, 0.25) is 0 Å². The second-order valence-corrected chi connectivity index (χ2v) is 6.59. The predicted molar refractivity (Wildman–Crippen MR) is 80.1 cm³/mol. The Balaban J connectivity index is 1.84. The van der Waals surface area contributed by atoms with E-state index >= 15 is 0 Å². The van der Waals surface area contributed by atoms with E-state index in [1.165, 1.54) is 11.5 Å². The van der Waals surface area contributed by atoms with E-state index in [4.69, 9.17) is 0 Å². The van der Waals surface area contributed by atoms with Crippen LogP contribution in [0.25, 0.3) is 0 Å². The van der Waals surface area contributed by atoms with Gasteiger partial charge in [-0.05, 0) is 42.4 Å². The van der Waals surface area contributed by atoms with Crippen molar-refractivity contribution in [3.63, 3.8) is 0 Å². The van der Waals surface area contributed by atoms with Crippen LogP contribution in [0, 0.1) is 0 Å². The summed E-state index contributed by atoms with van der Waals surface area (Å²) in [6, 6.07) is 7.68. The summed E-state index contributed by atoms with van der Waals surface area (Å²) >= 11 is 4.68. The largest absolute Gasteiger partial charge is 0.481 e. The fourth-order valence-corrected chi connectivity index (χ4v) is 3.33. The maximum absolute atomic E-state index is 11.5. The molecule has 1 heterocycles. The maximum Gasteiger partial charge on any atom is 0.313 e. The summed E-state index contributed by atoms with van der Waals surface area (Å²) in [5, 5.41) is 10.1. The monoisotopic (exact) mass is 352 g/mol. The Kier molecular flexibility index (Phi) is 3.85. The summed E-state index contributed by atoms with van der Waals surface area (Å²) in [5.74, 6) is -0.195. The first kappa shape index (κ1) is 13.7. The SMILES string of the molecule is O=C(O)C(Cc1ccccc1Br)c1nc(C2CC2)ns1. The van der Waals surface area contributed by atoms with E-state index < -0.39 is 11.9 Å². The molecule has 1 N–H and O–H groups in total. The predicted octanol–water partition coefficient (Wildman–Crippen LogP) is 3.59. The van der Waals surface area contributed by atoms with Crippen molar-refractivity contribution in [2.75, 3.05) is 0 Å². The highest BCUT2D eigenvalue weighted by Crippen LogP contribution is 2.39. The zero-order chi connectivity index (χ0) is 14.1. The topological polar surface area (TPSA) is 63.1 Å². The van der Waals surface area contributed by atoms with Crippen LogP contribution in [0.2, 0.25) is 0 Å². The molecule has 104 valence electrons. The summed E-state index contributed by atoms with van der Waals surface area (Å²) in [4.78, 5) is 16.0.